The van der Waals surface area contributed by atoms with Gasteiger partial charge in [-0.25, -0.2) is 4.79 Å². The molecule has 0 spiro atoms. The number of imidazole rings is 1. The van der Waals surface area contributed by atoms with E-state index in [0.29, 0.717) is 23.7 Å². The van der Waals surface area contributed by atoms with E-state index < -0.39 is 11.2 Å². The Kier molecular flexibility index (Phi) is 6.62. The zero-order valence-corrected chi connectivity index (χ0v) is 22.2. The number of hydrogen-bond donors (Lipinski definition) is 1. The van der Waals surface area contributed by atoms with Gasteiger partial charge < -0.3 is 4.90 Å². The van der Waals surface area contributed by atoms with Gasteiger partial charge in [0, 0.05) is 33.2 Å². The summed E-state index contributed by atoms with van der Waals surface area (Å²) in [6.45, 7) is 5.71. The van der Waals surface area contributed by atoms with Gasteiger partial charge in [0.1, 0.15) is 0 Å². The maximum atomic E-state index is 13.0. The van der Waals surface area contributed by atoms with Gasteiger partial charge in [-0.2, -0.15) is 4.98 Å². The fraction of sp³-hybridized carbons (Fsp3) is 0.258. The minimum absolute atomic E-state index is 0.157. The van der Waals surface area contributed by atoms with Crippen LogP contribution in [0, 0.1) is 6.92 Å². The number of aromatic amines is 1. The zero-order valence-electron chi connectivity index (χ0n) is 22.2. The second kappa shape index (κ2) is 10.4. The first-order chi connectivity index (χ1) is 19.0. The van der Waals surface area contributed by atoms with Crippen LogP contribution in [0.5, 0.6) is 0 Å². The molecule has 0 bridgehead atoms. The van der Waals surface area contributed by atoms with Crippen LogP contribution in [-0.4, -0.2) is 50.2 Å². The molecule has 5 aromatic rings. The summed E-state index contributed by atoms with van der Waals surface area (Å²) < 4.78 is 3.38. The van der Waals surface area contributed by atoms with Crippen LogP contribution in [0.2, 0.25) is 0 Å². The van der Waals surface area contributed by atoms with Crippen molar-refractivity contribution < 1.29 is 0 Å². The Labute approximate surface area is 226 Å². The maximum absolute atomic E-state index is 13.0. The van der Waals surface area contributed by atoms with E-state index in [2.05, 4.69) is 101 Å². The summed E-state index contributed by atoms with van der Waals surface area (Å²) >= 11 is 0. The molecule has 1 saturated heterocycles. The van der Waals surface area contributed by atoms with Crippen molar-refractivity contribution in [3.63, 3.8) is 0 Å². The van der Waals surface area contributed by atoms with Crippen LogP contribution in [0.25, 0.3) is 11.2 Å². The minimum Gasteiger partial charge on any atom is -0.340 e. The predicted octanol–water partition coefficient (Wildman–Crippen LogP) is 3.69. The smallest absolute Gasteiger partial charge is 0.329 e. The summed E-state index contributed by atoms with van der Waals surface area (Å²) in [5.74, 6) is 0.717. The lowest BCUT2D eigenvalue weighted by Gasteiger charge is -2.40. The standard InChI is InChI=1S/C31H32N6O2/c1-22-10-9-11-23(20-22)21-37-27-28(34(2)31(39)33-29(27)38)32-30(37)36-18-16-35(17-19-36)26(24-12-5-3-6-13-24)25-14-7-4-8-15-25/h3-15,20,26H,16-19,21H2,1-2H3,(H,33,38,39). The van der Waals surface area contributed by atoms with Gasteiger partial charge in [0.15, 0.2) is 11.2 Å². The summed E-state index contributed by atoms with van der Waals surface area (Å²) in [6, 6.07) is 29.7. The van der Waals surface area contributed by atoms with Crippen molar-refractivity contribution in [2.45, 2.75) is 19.5 Å². The number of hydrogen-bond acceptors (Lipinski definition) is 5. The van der Waals surface area contributed by atoms with Crippen molar-refractivity contribution in [2.24, 2.45) is 7.05 Å². The predicted molar refractivity (Wildman–Crippen MR) is 154 cm³/mol. The second-order valence-corrected chi connectivity index (χ2v) is 10.2. The van der Waals surface area contributed by atoms with Crippen molar-refractivity contribution in [1.29, 1.82) is 0 Å². The van der Waals surface area contributed by atoms with E-state index in [4.69, 9.17) is 4.98 Å². The number of piperazine rings is 1. The highest BCUT2D eigenvalue weighted by Gasteiger charge is 2.29. The van der Waals surface area contributed by atoms with E-state index in [1.54, 1.807) is 7.05 Å². The molecule has 0 aliphatic carbocycles. The molecule has 6 rings (SSSR count). The van der Waals surface area contributed by atoms with Gasteiger partial charge in [-0.3, -0.25) is 23.8 Å². The largest absolute Gasteiger partial charge is 0.340 e. The van der Waals surface area contributed by atoms with Crippen LogP contribution >= 0.6 is 0 Å². The number of nitrogens with zero attached hydrogens (tertiary/aromatic N) is 5. The molecule has 0 amide bonds. The number of aromatic nitrogens is 4. The molecule has 1 aliphatic rings. The van der Waals surface area contributed by atoms with Gasteiger partial charge in [-0.1, -0.05) is 90.5 Å². The van der Waals surface area contributed by atoms with Crippen molar-refractivity contribution >= 4 is 17.1 Å². The van der Waals surface area contributed by atoms with Gasteiger partial charge in [0.2, 0.25) is 5.95 Å². The van der Waals surface area contributed by atoms with Crippen molar-refractivity contribution in [2.75, 3.05) is 31.1 Å². The van der Waals surface area contributed by atoms with Gasteiger partial charge in [-0.05, 0) is 23.6 Å². The highest BCUT2D eigenvalue weighted by Crippen LogP contribution is 2.31. The summed E-state index contributed by atoms with van der Waals surface area (Å²) in [6.07, 6.45) is 0. The Morgan fingerprint density at radius 1 is 0.846 bits per heavy atom. The Bertz CT molecular complexity index is 1670. The van der Waals surface area contributed by atoms with Crippen molar-refractivity contribution in [1.82, 2.24) is 24.0 Å². The number of aryl methyl sites for hydroxylation is 2. The second-order valence-electron chi connectivity index (χ2n) is 10.2. The summed E-state index contributed by atoms with van der Waals surface area (Å²) in [5.41, 5.74) is 4.72. The van der Waals surface area contributed by atoms with E-state index >= 15 is 0 Å². The first-order valence-corrected chi connectivity index (χ1v) is 13.3. The summed E-state index contributed by atoms with van der Waals surface area (Å²) in [4.78, 5) is 37.5. The van der Waals surface area contributed by atoms with E-state index in [9.17, 15) is 9.59 Å². The molecule has 8 heteroatoms. The lowest BCUT2D eigenvalue weighted by atomic mass is 9.96. The van der Waals surface area contributed by atoms with Crippen molar-refractivity contribution in [3.05, 3.63) is 128 Å². The molecule has 8 nitrogen and oxygen atoms in total. The first-order valence-electron chi connectivity index (χ1n) is 13.3. The number of fused-ring (bicyclic) bond motifs is 1. The average molecular weight is 521 g/mol. The normalized spacial score (nSPS) is 14.4. The summed E-state index contributed by atoms with van der Waals surface area (Å²) in [7, 11) is 1.65. The fourth-order valence-electron chi connectivity index (χ4n) is 5.67. The van der Waals surface area contributed by atoms with Crippen LogP contribution in [0.3, 0.4) is 0 Å². The molecule has 39 heavy (non-hydrogen) atoms. The number of nitrogens with one attached hydrogen (secondary N) is 1. The molecule has 1 fully saturated rings. The third kappa shape index (κ3) is 4.79. The molecule has 3 aromatic carbocycles. The number of H-pyrrole nitrogens is 1. The Morgan fingerprint density at radius 3 is 2.10 bits per heavy atom. The summed E-state index contributed by atoms with van der Waals surface area (Å²) in [5, 5.41) is 0. The van der Waals surface area contributed by atoms with Crippen LogP contribution in [-0.2, 0) is 13.6 Å². The molecule has 0 saturated carbocycles. The third-order valence-electron chi connectivity index (χ3n) is 7.60. The van der Waals surface area contributed by atoms with Gasteiger partial charge in [-0.15, -0.1) is 0 Å². The first kappa shape index (κ1) is 24.9. The number of anilines is 1. The molecule has 198 valence electrons. The van der Waals surface area contributed by atoms with Crippen LogP contribution in [0.4, 0.5) is 5.95 Å². The molecule has 2 aromatic heterocycles. The lowest BCUT2D eigenvalue weighted by Crippen LogP contribution is -2.48. The third-order valence-corrected chi connectivity index (χ3v) is 7.60. The van der Waals surface area contributed by atoms with Crippen LogP contribution in [0.15, 0.2) is 94.5 Å². The molecule has 1 N–H and O–H groups in total. The van der Waals surface area contributed by atoms with E-state index in [-0.39, 0.29) is 6.04 Å². The van der Waals surface area contributed by atoms with Gasteiger partial charge in [0.25, 0.3) is 5.56 Å². The molecular weight excluding hydrogens is 488 g/mol. The molecule has 1 aliphatic heterocycles. The molecule has 0 atom stereocenters. The highest BCUT2D eigenvalue weighted by atomic mass is 16.2. The van der Waals surface area contributed by atoms with E-state index in [1.165, 1.54) is 15.7 Å². The average Bonchev–Trinajstić information content (AvgIpc) is 3.33. The zero-order chi connectivity index (χ0) is 26.9. The quantitative estimate of drug-likeness (QED) is 0.370. The molecular formula is C31H32N6O2. The SMILES string of the molecule is Cc1cccc(Cn2c(N3CCN(C(c4ccccc4)c4ccccc4)CC3)nc3c2c(=O)[nH]c(=O)n3C)c1. The molecule has 0 unspecified atom stereocenters. The van der Waals surface area contributed by atoms with E-state index in [0.717, 1.165) is 37.3 Å². The minimum atomic E-state index is -0.461. The Balaban J connectivity index is 1.35. The molecule has 3 heterocycles. The van der Waals surface area contributed by atoms with Crippen molar-refractivity contribution in [3.8, 4) is 0 Å². The maximum Gasteiger partial charge on any atom is 0.329 e. The fourth-order valence-corrected chi connectivity index (χ4v) is 5.67. The Morgan fingerprint density at radius 2 is 1.49 bits per heavy atom. The van der Waals surface area contributed by atoms with Gasteiger partial charge >= 0.3 is 5.69 Å². The topological polar surface area (TPSA) is 79.2 Å². The van der Waals surface area contributed by atoms with Crippen LogP contribution < -0.4 is 16.1 Å². The van der Waals surface area contributed by atoms with Gasteiger partial charge in [0.05, 0.1) is 12.6 Å². The highest BCUT2D eigenvalue weighted by molar-refractivity contribution is 5.74. The lowest BCUT2D eigenvalue weighted by molar-refractivity contribution is 0.211. The number of rotatable bonds is 6. The van der Waals surface area contributed by atoms with E-state index in [1.807, 2.05) is 10.6 Å². The monoisotopic (exact) mass is 520 g/mol. The number of benzene rings is 3. The van der Waals surface area contributed by atoms with Crippen LogP contribution in [0.1, 0.15) is 28.3 Å². The Hall–Kier alpha value is -4.43. The molecule has 0 radical (unpaired) electrons.